The van der Waals surface area contributed by atoms with E-state index in [0.717, 1.165) is 17.7 Å². The molecule has 3 fully saturated rings. The molecule has 4 aliphatic rings. The third-order valence-electron chi connectivity index (χ3n) is 6.07. The number of imide groups is 1. The van der Waals surface area contributed by atoms with E-state index in [1.807, 2.05) is 6.07 Å². The van der Waals surface area contributed by atoms with Gasteiger partial charge in [-0.15, -0.1) is 0 Å². The molecular formula is C19H21N3O4. The molecule has 7 nitrogen and oxygen atoms in total. The molecule has 7 heteroatoms. The first-order valence-corrected chi connectivity index (χ1v) is 9.25. The van der Waals surface area contributed by atoms with Crippen LogP contribution in [0.5, 0.6) is 0 Å². The molecular weight excluding hydrogens is 334 g/mol. The van der Waals surface area contributed by atoms with Gasteiger partial charge < -0.3 is 15.4 Å². The summed E-state index contributed by atoms with van der Waals surface area (Å²) in [5.74, 6) is -1.00. The number of fused-ring (bicyclic) bond motifs is 1. The van der Waals surface area contributed by atoms with Crippen molar-refractivity contribution in [1.29, 1.82) is 0 Å². The molecule has 1 saturated carbocycles. The predicted octanol–water partition coefficient (Wildman–Crippen LogP) is 1.29. The highest BCUT2D eigenvalue weighted by atomic mass is 16.5. The van der Waals surface area contributed by atoms with Crippen molar-refractivity contribution in [3.05, 3.63) is 29.3 Å². The first-order chi connectivity index (χ1) is 12.6. The normalized spacial score (nSPS) is 27.0. The summed E-state index contributed by atoms with van der Waals surface area (Å²) in [5, 5.41) is 6.34. The van der Waals surface area contributed by atoms with E-state index in [4.69, 9.17) is 4.74 Å². The first-order valence-electron chi connectivity index (χ1n) is 9.25. The molecule has 3 heterocycles. The maximum absolute atomic E-state index is 13.1. The number of piperidine rings is 1. The van der Waals surface area contributed by atoms with Crippen molar-refractivity contribution in [2.75, 3.05) is 18.5 Å². The maximum atomic E-state index is 13.1. The quantitative estimate of drug-likeness (QED) is 0.798. The summed E-state index contributed by atoms with van der Waals surface area (Å²) in [7, 11) is 0. The van der Waals surface area contributed by atoms with E-state index < -0.39 is 6.04 Å². The molecule has 1 atom stereocenters. The minimum absolute atomic E-state index is 0.262. The van der Waals surface area contributed by atoms with Crippen LogP contribution < -0.4 is 10.6 Å². The molecule has 1 aromatic rings. The Morgan fingerprint density at radius 1 is 1.12 bits per heavy atom. The second kappa shape index (κ2) is 5.54. The van der Waals surface area contributed by atoms with E-state index in [2.05, 4.69) is 10.6 Å². The number of nitrogens with one attached hydrogen (secondary N) is 2. The third kappa shape index (κ3) is 2.19. The summed E-state index contributed by atoms with van der Waals surface area (Å²) in [6.07, 6.45) is 4.52. The summed E-state index contributed by atoms with van der Waals surface area (Å²) < 4.78 is 5.22. The Morgan fingerprint density at radius 3 is 2.54 bits per heavy atom. The summed E-state index contributed by atoms with van der Waals surface area (Å²) in [5.41, 5.74) is 1.19. The van der Waals surface area contributed by atoms with Crippen LogP contribution in [0.2, 0.25) is 0 Å². The zero-order chi connectivity index (χ0) is 17.9. The Balaban J connectivity index is 1.42. The van der Waals surface area contributed by atoms with Gasteiger partial charge in [0, 0.05) is 11.7 Å². The average molecular weight is 355 g/mol. The number of ether oxygens (including phenoxy) is 1. The number of hydrogen-bond donors (Lipinski definition) is 2. The van der Waals surface area contributed by atoms with E-state index >= 15 is 0 Å². The van der Waals surface area contributed by atoms with Gasteiger partial charge in [0.2, 0.25) is 5.91 Å². The fourth-order valence-electron chi connectivity index (χ4n) is 4.24. The van der Waals surface area contributed by atoms with Crippen molar-refractivity contribution in [1.82, 2.24) is 10.2 Å². The monoisotopic (exact) mass is 355 g/mol. The Hall–Kier alpha value is -2.41. The highest BCUT2D eigenvalue weighted by Crippen LogP contribution is 2.36. The fraction of sp³-hybridized carbons (Fsp3) is 0.526. The molecule has 1 unspecified atom stereocenters. The van der Waals surface area contributed by atoms with Crippen molar-refractivity contribution in [2.45, 2.75) is 49.7 Å². The topological polar surface area (TPSA) is 87.7 Å². The van der Waals surface area contributed by atoms with Crippen LogP contribution in [0.3, 0.4) is 0 Å². The van der Waals surface area contributed by atoms with E-state index in [9.17, 15) is 14.4 Å². The van der Waals surface area contributed by atoms with Crippen molar-refractivity contribution in [3.8, 4) is 0 Å². The second-order valence-corrected chi connectivity index (χ2v) is 7.80. The van der Waals surface area contributed by atoms with Gasteiger partial charge in [0.25, 0.3) is 11.8 Å². The Morgan fingerprint density at radius 2 is 1.92 bits per heavy atom. The molecule has 26 heavy (non-hydrogen) atoms. The van der Waals surface area contributed by atoms with Crippen molar-refractivity contribution >= 4 is 23.4 Å². The van der Waals surface area contributed by atoms with E-state index in [1.54, 1.807) is 12.1 Å². The van der Waals surface area contributed by atoms with Gasteiger partial charge in [0.1, 0.15) is 6.04 Å². The molecule has 2 saturated heterocycles. The van der Waals surface area contributed by atoms with E-state index in [-0.39, 0.29) is 23.3 Å². The largest absolute Gasteiger partial charge is 0.382 e. The van der Waals surface area contributed by atoms with Gasteiger partial charge in [-0.25, -0.2) is 0 Å². The Labute approximate surface area is 151 Å². The van der Waals surface area contributed by atoms with Gasteiger partial charge in [0.05, 0.1) is 29.9 Å². The molecule has 2 N–H and O–H groups in total. The molecule has 1 spiro atoms. The molecule has 5 rings (SSSR count). The minimum Gasteiger partial charge on any atom is -0.382 e. The summed E-state index contributed by atoms with van der Waals surface area (Å²) in [6.45, 7) is 1.01. The Bertz CT molecular complexity index is 813. The number of benzene rings is 1. The number of anilines is 1. The van der Waals surface area contributed by atoms with Crippen LogP contribution in [0.25, 0.3) is 0 Å². The van der Waals surface area contributed by atoms with Crippen molar-refractivity contribution in [3.63, 3.8) is 0 Å². The average Bonchev–Trinajstić information content (AvgIpc) is 2.82. The molecule has 136 valence electrons. The van der Waals surface area contributed by atoms with Gasteiger partial charge >= 0.3 is 0 Å². The summed E-state index contributed by atoms with van der Waals surface area (Å²) in [6, 6.07) is 4.91. The maximum Gasteiger partial charge on any atom is 0.264 e. The molecule has 3 aliphatic heterocycles. The van der Waals surface area contributed by atoms with Crippen molar-refractivity contribution in [2.24, 2.45) is 0 Å². The smallest absolute Gasteiger partial charge is 0.264 e. The molecule has 3 amide bonds. The van der Waals surface area contributed by atoms with Crippen LogP contribution in [0.15, 0.2) is 18.2 Å². The van der Waals surface area contributed by atoms with Gasteiger partial charge in [-0.05, 0) is 44.2 Å². The van der Waals surface area contributed by atoms with Gasteiger partial charge in [-0.2, -0.15) is 0 Å². The lowest BCUT2D eigenvalue weighted by Gasteiger charge is -2.47. The van der Waals surface area contributed by atoms with Crippen LogP contribution in [0.1, 0.15) is 52.8 Å². The number of rotatable bonds is 3. The molecule has 0 bridgehead atoms. The van der Waals surface area contributed by atoms with Gasteiger partial charge in [0.15, 0.2) is 0 Å². The first kappa shape index (κ1) is 15.8. The Kier molecular flexibility index (Phi) is 3.37. The zero-order valence-corrected chi connectivity index (χ0v) is 14.4. The molecule has 0 radical (unpaired) electrons. The lowest BCUT2D eigenvalue weighted by molar-refractivity contribution is -0.144. The highest BCUT2D eigenvalue weighted by Gasteiger charge is 2.51. The number of carbonyl (C=O) groups is 3. The number of hydrogen-bond acceptors (Lipinski definition) is 5. The van der Waals surface area contributed by atoms with Crippen LogP contribution >= 0.6 is 0 Å². The lowest BCUT2D eigenvalue weighted by atomic mass is 9.84. The summed E-state index contributed by atoms with van der Waals surface area (Å²) >= 11 is 0. The minimum atomic E-state index is -0.745. The van der Waals surface area contributed by atoms with Crippen LogP contribution in [-0.4, -0.2) is 53.5 Å². The molecule has 1 aliphatic carbocycles. The predicted molar refractivity (Wildman–Crippen MR) is 92.9 cm³/mol. The van der Waals surface area contributed by atoms with Gasteiger partial charge in [-0.3, -0.25) is 19.3 Å². The van der Waals surface area contributed by atoms with Gasteiger partial charge in [-0.1, -0.05) is 6.07 Å². The number of nitrogens with zero attached hydrogens (tertiary/aromatic N) is 1. The zero-order valence-electron chi connectivity index (χ0n) is 14.4. The highest BCUT2D eigenvalue weighted by molar-refractivity contribution is 6.25. The third-order valence-corrected chi connectivity index (χ3v) is 6.07. The fourth-order valence-corrected chi connectivity index (χ4v) is 4.24. The van der Waals surface area contributed by atoms with Crippen LogP contribution in [-0.2, 0) is 9.53 Å². The van der Waals surface area contributed by atoms with E-state index in [1.165, 1.54) is 6.42 Å². The van der Waals surface area contributed by atoms with Crippen molar-refractivity contribution < 1.29 is 19.1 Å². The number of carbonyl (C=O) groups excluding carboxylic acids is 3. The standard InChI is InChI=1S/C19H21N3O4/c23-16-14(7-8-19(21-16)9-26-10-19)22-17(24)12-5-2-6-13(15(12)18(22)25)20-11-3-1-4-11/h2,5-6,11,14,20H,1,3-4,7-10H2,(H,21,23). The SMILES string of the molecule is O=C1NC2(CCC1N1C(=O)c3cccc(NC4CCC4)c3C1=O)COC2. The van der Waals surface area contributed by atoms with E-state index in [0.29, 0.717) is 48.9 Å². The molecule has 0 aromatic heterocycles. The van der Waals surface area contributed by atoms with Crippen LogP contribution in [0.4, 0.5) is 5.69 Å². The summed E-state index contributed by atoms with van der Waals surface area (Å²) in [4.78, 5) is 39.7. The second-order valence-electron chi connectivity index (χ2n) is 7.80. The van der Waals surface area contributed by atoms with Crippen LogP contribution in [0, 0.1) is 0 Å². The number of amides is 3. The molecule has 1 aromatic carbocycles. The lowest BCUT2D eigenvalue weighted by Crippen LogP contribution is -2.69.